The maximum atomic E-state index is 11.9. The molecule has 2 amide bonds. The fourth-order valence-electron chi connectivity index (χ4n) is 2.04. The largest absolute Gasteiger partial charge is 0.480 e. The number of nitrogens with one attached hydrogen (secondary N) is 1. The summed E-state index contributed by atoms with van der Waals surface area (Å²) in [4.78, 5) is 36.4. The van der Waals surface area contributed by atoms with Crippen LogP contribution in [0, 0.1) is 5.41 Å². The number of carbonyl (C=O) groups is 3. The number of thiol groups is 1. The molecule has 0 aromatic rings. The van der Waals surface area contributed by atoms with Crippen LogP contribution >= 0.6 is 12.8 Å². The molecule has 8 heteroatoms. The average molecular weight is 304 g/mol. The third kappa shape index (κ3) is 3.56. The van der Waals surface area contributed by atoms with Crippen LogP contribution in [0.1, 0.15) is 33.6 Å². The minimum Gasteiger partial charge on any atom is -0.480 e. The first-order valence-corrected chi connectivity index (χ1v) is 6.73. The fraction of sp³-hybridized carbons (Fsp3) is 0.750. The van der Waals surface area contributed by atoms with Crippen LogP contribution < -0.4 is 4.72 Å². The lowest BCUT2D eigenvalue weighted by atomic mass is 9.78. The molecule has 2 N–H and O–H groups in total. The van der Waals surface area contributed by atoms with Crippen molar-refractivity contribution in [2.24, 2.45) is 5.41 Å². The Bertz CT molecular complexity index is 411. The number of hydrogen-bond donors (Lipinski definition) is 3. The van der Waals surface area contributed by atoms with E-state index >= 15 is 0 Å². The Morgan fingerprint density at radius 2 is 1.75 bits per heavy atom. The average Bonchev–Trinajstić information content (AvgIpc) is 2.35. The van der Waals surface area contributed by atoms with Gasteiger partial charge in [-0.1, -0.05) is 12.8 Å². The molecule has 0 radical (unpaired) electrons. The third-order valence-electron chi connectivity index (χ3n) is 3.21. The van der Waals surface area contributed by atoms with Gasteiger partial charge in [-0.3, -0.25) is 9.59 Å². The Kier molecular flexibility index (Phi) is 4.90. The number of aliphatic carboxylic acids is 1. The number of carboxylic acids is 1. The molecule has 1 aliphatic heterocycles. The van der Waals surface area contributed by atoms with Crippen molar-refractivity contribution in [1.82, 2.24) is 9.62 Å². The normalized spacial score (nSPS) is 18.3. The number of rotatable bonds is 2. The third-order valence-corrected chi connectivity index (χ3v) is 3.42. The molecule has 0 aromatic carbocycles. The van der Waals surface area contributed by atoms with Crippen LogP contribution in [0.15, 0.2) is 0 Å². The molecule has 7 nitrogen and oxygen atoms in total. The van der Waals surface area contributed by atoms with Crippen LogP contribution in [-0.2, 0) is 14.3 Å². The molecule has 1 heterocycles. The predicted molar refractivity (Wildman–Crippen MR) is 74.2 cm³/mol. The van der Waals surface area contributed by atoms with Gasteiger partial charge in [-0.2, -0.15) is 0 Å². The molecule has 1 aliphatic rings. The van der Waals surface area contributed by atoms with E-state index in [-0.39, 0.29) is 25.9 Å². The Balaban J connectivity index is 2.73. The van der Waals surface area contributed by atoms with Crippen LogP contribution in [0.2, 0.25) is 0 Å². The van der Waals surface area contributed by atoms with Gasteiger partial charge in [-0.05, 0) is 33.6 Å². The first-order chi connectivity index (χ1) is 9.12. The number of piperidine rings is 1. The summed E-state index contributed by atoms with van der Waals surface area (Å²) < 4.78 is 7.30. The zero-order valence-electron chi connectivity index (χ0n) is 11.8. The summed E-state index contributed by atoms with van der Waals surface area (Å²) in [5, 5.41) is 9.27. The summed E-state index contributed by atoms with van der Waals surface area (Å²) in [6.07, 6.45) is -0.426. The topological polar surface area (TPSA) is 95.9 Å². The summed E-state index contributed by atoms with van der Waals surface area (Å²) in [5.74, 6) is -1.86. The molecule has 114 valence electrons. The molecule has 20 heavy (non-hydrogen) atoms. The molecule has 0 aromatic heterocycles. The summed E-state index contributed by atoms with van der Waals surface area (Å²) in [6.45, 7) is 5.57. The molecule has 1 fully saturated rings. The van der Waals surface area contributed by atoms with Crippen molar-refractivity contribution >= 4 is 30.8 Å². The van der Waals surface area contributed by atoms with Gasteiger partial charge in [-0.15, -0.1) is 0 Å². The highest BCUT2D eigenvalue weighted by Gasteiger charge is 2.49. The minimum atomic E-state index is -1.53. The molecule has 0 bridgehead atoms. The van der Waals surface area contributed by atoms with Gasteiger partial charge in [0.25, 0.3) is 0 Å². The van der Waals surface area contributed by atoms with E-state index in [1.54, 1.807) is 20.8 Å². The standard InChI is InChI=1S/C12H20N2O5S/c1-11(2,3)19-10(18)14-6-4-12(5-7-14,9(16)17)8(15)13-20/h20H,4-7H2,1-3H3,(H,13,15)(H,16,17). The van der Waals surface area contributed by atoms with Crippen molar-refractivity contribution in [3.63, 3.8) is 0 Å². The number of likely N-dealkylation sites (tertiary alicyclic amines) is 1. The number of hydrogen-bond acceptors (Lipinski definition) is 5. The molecule has 0 aliphatic carbocycles. The van der Waals surface area contributed by atoms with Gasteiger partial charge in [-0.25, -0.2) is 4.79 Å². The van der Waals surface area contributed by atoms with Crippen molar-refractivity contribution in [3.05, 3.63) is 0 Å². The van der Waals surface area contributed by atoms with Crippen LogP contribution in [0.4, 0.5) is 4.79 Å². The van der Waals surface area contributed by atoms with Crippen molar-refractivity contribution in [2.75, 3.05) is 13.1 Å². The smallest absolute Gasteiger partial charge is 0.410 e. The van der Waals surface area contributed by atoms with Crippen molar-refractivity contribution in [2.45, 2.75) is 39.2 Å². The van der Waals surface area contributed by atoms with E-state index < -0.39 is 29.0 Å². The lowest BCUT2D eigenvalue weighted by molar-refractivity contribution is -0.158. The van der Waals surface area contributed by atoms with Crippen molar-refractivity contribution in [3.8, 4) is 0 Å². The quantitative estimate of drug-likeness (QED) is 0.523. The van der Waals surface area contributed by atoms with E-state index in [9.17, 15) is 19.5 Å². The van der Waals surface area contributed by atoms with E-state index in [0.717, 1.165) is 0 Å². The molecule has 1 saturated heterocycles. The van der Waals surface area contributed by atoms with Gasteiger partial charge in [0.05, 0.1) is 0 Å². The highest BCUT2D eigenvalue weighted by molar-refractivity contribution is 7.78. The lowest BCUT2D eigenvalue weighted by Gasteiger charge is -2.37. The summed E-state index contributed by atoms with van der Waals surface area (Å²) in [7, 11) is 0. The van der Waals surface area contributed by atoms with E-state index in [2.05, 4.69) is 17.5 Å². The Labute approximate surface area is 123 Å². The Morgan fingerprint density at radius 3 is 2.10 bits per heavy atom. The molecule has 0 spiro atoms. The van der Waals surface area contributed by atoms with Gasteiger partial charge in [0.1, 0.15) is 5.60 Å². The molecular weight excluding hydrogens is 284 g/mol. The molecular formula is C12H20N2O5S. The Hall–Kier alpha value is -1.44. The van der Waals surface area contributed by atoms with E-state index in [1.165, 1.54) is 4.90 Å². The zero-order valence-corrected chi connectivity index (χ0v) is 12.7. The number of ether oxygens (including phenoxy) is 1. The summed E-state index contributed by atoms with van der Waals surface area (Å²) in [6, 6.07) is 0. The summed E-state index contributed by atoms with van der Waals surface area (Å²) >= 11 is 3.63. The molecule has 0 unspecified atom stereocenters. The second-order valence-corrected chi connectivity index (χ2v) is 6.02. The highest BCUT2D eigenvalue weighted by atomic mass is 32.1. The first kappa shape index (κ1) is 16.6. The molecule has 1 rings (SSSR count). The van der Waals surface area contributed by atoms with Crippen LogP contribution in [0.25, 0.3) is 0 Å². The maximum Gasteiger partial charge on any atom is 0.410 e. The van der Waals surface area contributed by atoms with Crippen LogP contribution in [0.3, 0.4) is 0 Å². The second-order valence-electron chi connectivity index (χ2n) is 5.80. The maximum absolute atomic E-state index is 11.9. The van der Waals surface area contributed by atoms with E-state index in [1.807, 2.05) is 0 Å². The lowest BCUT2D eigenvalue weighted by Crippen LogP contribution is -2.53. The number of carbonyl (C=O) groups excluding carboxylic acids is 2. The number of nitrogens with zero attached hydrogens (tertiary/aromatic N) is 1. The van der Waals surface area contributed by atoms with Gasteiger partial charge in [0, 0.05) is 13.1 Å². The van der Waals surface area contributed by atoms with E-state index in [4.69, 9.17) is 4.74 Å². The van der Waals surface area contributed by atoms with Crippen LogP contribution in [-0.4, -0.2) is 46.7 Å². The van der Waals surface area contributed by atoms with Crippen molar-refractivity contribution in [1.29, 1.82) is 0 Å². The fourth-order valence-corrected chi connectivity index (χ4v) is 2.26. The second kappa shape index (κ2) is 5.90. The highest BCUT2D eigenvalue weighted by Crippen LogP contribution is 2.33. The number of carboxylic acid groups (broad SMARTS) is 1. The Morgan fingerprint density at radius 1 is 1.25 bits per heavy atom. The summed E-state index contributed by atoms with van der Waals surface area (Å²) in [5.41, 5.74) is -2.14. The molecule has 0 atom stereocenters. The predicted octanol–water partition coefficient (Wildman–Crippen LogP) is 1.05. The minimum absolute atomic E-state index is 0.0357. The van der Waals surface area contributed by atoms with Crippen LogP contribution in [0.5, 0.6) is 0 Å². The SMILES string of the molecule is CC(C)(C)OC(=O)N1CCC(C(=O)O)(C(=O)NS)CC1. The first-order valence-electron chi connectivity index (χ1n) is 6.28. The van der Waals surface area contributed by atoms with Gasteiger partial charge >= 0.3 is 12.1 Å². The molecule has 0 saturated carbocycles. The number of amides is 2. The zero-order chi connectivity index (χ0) is 15.6. The monoisotopic (exact) mass is 304 g/mol. The van der Waals surface area contributed by atoms with Gasteiger partial charge in [0.2, 0.25) is 5.91 Å². The van der Waals surface area contributed by atoms with Crippen molar-refractivity contribution < 1.29 is 24.2 Å². The van der Waals surface area contributed by atoms with Gasteiger partial charge in [0.15, 0.2) is 5.41 Å². The van der Waals surface area contributed by atoms with Gasteiger partial charge < -0.3 is 19.5 Å². The van der Waals surface area contributed by atoms with E-state index in [0.29, 0.717) is 0 Å².